The number of rotatable bonds is 7. The lowest BCUT2D eigenvalue weighted by molar-refractivity contribution is -0.116. The average Bonchev–Trinajstić information content (AvgIpc) is 3.11. The highest BCUT2D eigenvalue weighted by molar-refractivity contribution is 6.03. The fourth-order valence-corrected chi connectivity index (χ4v) is 2.58. The van der Waals surface area contributed by atoms with Gasteiger partial charge in [-0.25, -0.2) is 4.39 Å². The number of nitrogens with zero attached hydrogens (tertiary/aromatic N) is 2. The van der Waals surface area contributed by atoms with Gasteiger partial charge in [-0.05, 0) is 49.7 Å². The summed E-state index contributed by atoms with van der Waals surface area (Å²) in [5, 5.41) is 6.62. The third kappa shape index (κ3) is 4.84. The van der Waals surface area contributed by atoms with Gasteiger partial charge in [0, 0.05) is 24.0 Å². The van der Waals surface area contributed by atoms with E-state index >= 15 is 0 Å². The number of halogens is 1. The molecular formula is C20H18FN3O3. The van der Waals surface area contributed by atoms with E-state index in [1.54, 1.807) is 36.4 Å². The first kappa shape index (κ1) is 18.4. The second-order valence-electron chi connectivity index (χ2n) is 6.02. The number of aryl methyl sites for hydroxylation is 1. The van der Waals surface area contributed by atoms with Crippen molar-refractivity contribution in [3.05, 3.63) is 65.8 Å². The van der Waals surface area contributed by atoms with Gasteiger partial charge in [0.25, 0.3) is 0 Å². The Morgan fingerprint density at radius 1 is 1.11 bits per heavy atom. The summed E-state index contributed by atoms with van der Waals surface area (Å²) in [6, 6.07) is 12.7. The zero-order chi connectivity index (χ0) is 19.2. The number of nitrogens with one attached hydrogen (secondary N) is 1. The first-order valence-corrected chi connectivity index (χ1v) is 8.51. The van der Waals surface area contributed by atoms with Gasteiger partial charge in [-0.15, -0.1) is 0 Å². The van der Waals surface area contributed by atoms with Gasteiger partial charge in [0.2, 0.25) is 17.6 Å². The molecule has 0 aliphatic carbocycles. The Balaban J connectivity index is 1.52. The van der Waals surface area contributed by atoms with Crippen LogP contribution >= 0.6 is 0 Å². The first-order valence-electron chi connectivity index (χ1n) is 8.51. The Morgan fingerprint density at radius 3 is 2.59 bits per heavy atom. The van der Waals surface area contributed by atoms with Gasteiger partial charge in [-0.2, -0.15) is 4.98 Å². The summed E-state index contributed by atoms with van der Waals surface area (Å²) < 4.78 is 18.1. The Morgan fingerprint density at radius 2 is 1.85 bits per heavy atom. The van der Waals surface area contributed by atoms with E-state index in [2.05, 4.69) is 15.5 Å². The largest absolute Gasteiger partial charge is 0.339 e. The lowest BCUT2D eigenvalue weighted by Gasteiger charge is -2.08. The van der Waals surface area contributed by atoms with Crippen LogP contribution < -0.4 is 5.32 Å². The van der Waals surface area contributed by atoms with Crippen molar-refractivity contribution in [3.8, 4) is 11.4 Å². The minimum atomic E-state index is -0.333. The van der Waals surface area contributed by atoms with Gasteiger partial charge in [0.1, 0.15) is 5.82 Å². The number of carbonyl (C=O) groups excluding carboxylic acids is 2. The molecule has 1 aromatic heterocycles. The lowest BCUT2D eigenvalue weighted by atomic mass is 10.1. The maximum atomic E-state index is 13.0. The molecule has 0 saturated carbocycles. The van der Waals surface area contributed by atoms with Crippen LogP contribution in [0.2, 0.25) is 0 Å². The maximum Gasteiger partial charge on any atom is 0.226 e. The summed E-state index contributed by atoms with van der Waals surface area (Å²) in [6.07, 6.45) is 1.20. The van der Waals surface area contributed by atoms with Crippen molar-refractivity contribution >= 4 is 17.4 Å². The van der Waals surface area contributed by atoms with Gasteiger partial charge in [0.15, 0.2) is 5.78 Å². The standard InChI is InChI=1S/C20H18FN3O3/c1-13(25)16-5-2-3-6-17(16)22-18(26)7-4-8-19-23-20(24-27-19)14-9-11-15(21)12-10-14/h2-3,5-6,9-12H,4,7-8H2,1H3,(H,22,26). The fraction of sp³-hybridized carbons (Fsp3) is 0.200. The van der Waals surface area contributed by atoms with Gasteiger partial charge >= 0.3 is 0 Å². The van der Waals surface area contributed by atoms with E-state index in [0.29, 0.717) is 41.4 Å². The molecule has 2 aromatic carbocycles. The molecule has 3 aromatic rings. The van der Waals surface area contributed by atoms with E-state index in [1.165, 1.54) is 19.1 Å². The topological polar surface area (TPSA) is 85.1 Å². The third-order valence-corrected chi connectivity index (χ3v) is 3.95. The second-order valence-corrected chi connectivity index (χ2v) is 6.02. The number of hydrogen-bond donors (Lipinski definition) is 1. The van der Waals surface area contributed by atoms with E-state index in [4.69, 9.17) is 4.52 Å². The van der Waals surface area contributed by atoms with E-state index < -0.39 is 0 Å². The summed E-state index contributed by atoms with van der Waals surface area (Å²) in [6.45, 7) is 1.46. The van der Waals surface area contributed by atoms with Gasteiger partial charge < -0.3 is 9.84 Å². The van der Waals surface area contributed by atoms with Crippen molar-refractivity contribution in [1.82, 2.24) is 10.1 Å². The molecule has 0 radical (unpaired) electrons. The summed E-state index contributed by atoms with van der Waals surface area (Å²) in [4.78, 5) is 27.9. The molecule has 138 valence electrons. The zero-order valence-electron chi connectivity index (χ0n) is 14.7. The van der Waals surface area contributed by atoms with Crippen LogP contribution in [0.3, 0.4) is 0 Å². The molecule has 1 amide bonds. The molecular weight excluding hydrogens is 349 g/mol. The molecule has 3 rings (SSSR count). The van der Waals surface area contributed by atoms with Crippen LogP contribution in [0.5, 0.6) is 0 Å². The number of amides is 1. The average molecular weight is 367 g/mol. The van der Waals surface area contributed by atoms with Crippen molar-refractivity contribution in [2.75, 3.05) is 5.32 Å². The minimum absolute atomic E-state index is 0.106. The molecule has 6 nitrogen and oxygen atoms in total. The third-order valence-electron chi connectivity index (χ3n) is 3.95. The number of anilines is 1. The van der Waals surface area contributed by atoms with Crippen molar-refractivity contribution in [3.63, 3.8) is 0 Å². The van der Waals surface area contributed by atoms with Crippen molar-refractivity contribution in [2.45, 2.75) is 26.2 Å². The second kappa shape index (κ2) is 8.35. The van der Waals surface area contributed by atoms with Gasteiger partial charge in [-0.3, -0.25) is 9.59 Å². The maximum absolute atomic E-state index is 13.0. The molecule has 0 unspecified atom stereocenters. The first-order chi connectivity index (χ1) is 13.0. The normalized spacial score (nSPS) is 10.6. The molecule has 0 aliphatic rings. The van der Waals surface area contributed by atoms with Crippen molar-refractivity contribution in [2.24, 2.45) is 0 Å². The number of carbonyl (C=O) groups is 2. The molecule has 1 heterocycles. The summed E-state index contributed by atoms with van der Waals surface area (Å²) in [5.74, 6) is 0.156. The van der Waals surface area contributed by atoms with Crippen molar-refractivity contribution in [1.29, 1.82) is 0 Å². The van der Waals surface area contributed by atoms with E-state index in [1.807, 2.05) is 0 Å². The van der Waals surface area contributed by atoms with Crippen LogP contribution in [0.15, 0.2) is 53.1 Å². The van der Waals surface area contributed by atoms with E-state index in [0.717, 1.165) is 0 Å². The number of aromatic nitrogens is 2. The Kier molecular flexibility index (Phi) is 5.71. The number of para-hydroxylation sites is 1. The number of hydrogen-bond acceptors (Lipinski definition) is 5. The smallest absolute Gasteiger partial charge is 0.226 e. The number of ketones is 1. The highest BCUT2D eigenvalue weighted by Gasteiger charge is 2.12. The fourth-order valence-electron chi connectivity index (χ4n) is 2.58. The molecule has 0 bridgehead atoms. The Labute approximate surface area is 155 Å². The van der Waals surface area contributed by atoms with Crippen molar-refractivity contribution < 1.29 is 18.5 Å². The van der Waals surface area contributed by atoms with Crippen LogP contribution in [-0.2, 0) is 11.2 Å². The Hall–Kier alpha value is -3.35. The Bertz CT molecular complexity index is 951. The van der Waals surface area contributed by atoms with Crippen LogP contribution in [0.4, 0.5) is 10.1 Å². The monoisotopic (exact) mass is 367 g/mol. The molecule has 0 fully saturated rings. The summed E-state index contributed by atoms with van der Waals surface area (Å²) in [7, 11) is 0. The van der Waals surface area contributed by atoms with Gasteiger partial charge in [0.05, 0.1) is 5.69 Å². The SMILES string of the molecule is CC(=O)c1ccccc1NC(=O)CCCc1nc(-c2ccc(F)cc2)no1. The molecule has 1 N–H and O–H groups in total. The highest BCUT2D eigenvalue weighted by Crippen LogP contribution is 2.18. The van der Waals surface area contributed by atoms with Crippen LogP contribution in [0.25, 0.3) is 11.4 Å². The molecule has 0 spiro atoms. The molecule has 0 aliphatic heterocycles. The minimum Gasteiger partial charge on any atom is -0.339 e. The van der Waals surface area contributed by atoms with E-state index in [-0.39, 0.29) is 23.9 Å². The number of benzene rings is 2. The summed E-state index contributed by atoms with van der Waals surface area (Å²) >= 11 is 0. The predicted molar refractivity (Wildman–Crippen MR) is 97.7 cm³/mol. The van der Waals surface area contributed by atoms with Crippen LogP contribution in [-0.4, -0.2) is 21.8 Å². The number of Topliss-reactive ketones (excluding diaryl/α,β-unsaturated/α-hetero) is 1. The molecule has 7 heteroatoms. The van der Waals surface area contributed by atoms with Crippen LogP contribution in [0, 0.1) is 5.82 Å². The molecule has 27 heavy (non-hydrogen) atoms. The summed E-state index contributed by atoms with van der Waals surface area (Å²) in [5.41, 5.74) is 1.64. The predicted octanol–water partition coefficient (Wildman–Crippen LogP) is 4.04. The van der Waals surface area contributed by atoms with E-state index in [9.17, 15) is 14.0 Å². The molecule has 0 atom stereocenters. The quantitative estimate of drug-likeness (QED) is 0.637. The highest BCUT2D eigenvalue weighted by atomic mass is 19.1. The lowest BCUT2D eigenvalue weighted by Crippen LogP contribution is -2.14. The van der Waals surface area contributed by atoms with Crippen LogP contribution in [0.1, 0.15) is 36.0 Å². The van der Waals surface area contributed by atoms with Gasteiger partial charge in [-0.1, -0.05) is 17.3 Å². The molecule has 0 saturated heterocycles. The zero-order valence-corrected chi connectivity index (χ0v) is 14.7.